The number of para-hydroxylation sites is 1. The average Bonchev–Trinajstić information content (AvgIpc) is 2.37. The Hall–Kier alpha value is -1.81. The third-order valence-corrected chi connectivity index (χ3v) is 3.33. The lowest BCUT2D eigenvalue weighted by atomic mass is 10.1. The van der Waals surface area contributed by atoms with Gasteiger partial charge in [-0.25, -0.2) is 0 Å². The zero-order valence-electron chi connectivity index (χ0n) is 11.4. The summed E-state index contributed by atoms with van der Waals surface area (Å²) in [4.78, 5) is 12.1. The van der Waals surface area contributed by atoms with Crippen molar-refractivity contribution >= 4 is 27.5 Å². The Balaban J connectivity index is 2.09. The number of methoxy groups -OCH3 is 1. The summed E-state index contributed by atoms with van der Waals surface area (Å²) in [6.07, 6.45) is 0.287. The molecule has 0 radical (unpaired) electrons. The van der Waals surface area contributed by atoms with Gasteiger partial charge >= 0.3 is 0 Å². The largest absolute Gasteiger partial charge is 0.496 e. The van der Waals surface area contributed by atoms with E-state index in [1.807, 2.05) is 49.4 Å². The third kappa shape index (κ3) is 3.84. The molecule has 0 spiro atoms. The van der Waals surface area contributed by atoms with Crippen molar-refractivity contribution in [2.45, 2.75) is 13.3 Å². The lowest BCUT2D eigenvalue weighted by Gasteiger charge is -2.09. The molecule has 4 heteroatoms. The maximum atomic E-state index is 12.1. The van der Waals surface area contributed by atoms with E-state index in [0.29, 0.717) is 0 Å². The monoisotopic (exact) mass is 333 g/mol. The number of benzene rings is 2. The molecule has 2 aromatic rings. The summed E-state index contributed by atoms with van der Waals surface area (Å²) >= 11 is 3.42. The first kappa shape index (κ1) is 14.6. The van der Waals surface area contributed by atoms with Crippen molar-refractivity contribution in [1.29, 1.82) is 0 Å². The molecule has 2 aromatic carbocycles. The van der Waals surface area contributed by atoms with Crippen LogP contribution in [-0.2, 0) is 11.2 Å². The predicted octanol–water partition coefficient (Wildman–Crippen LogP) is 3.95. The maximum absolute atomic E-state index is 12.1. The van der Waals surface area contributed by atoms with Gasteiger partial charge in [-0.3, -0.25) is 4.79 Å². The lowest BCUT2D eigenvalue weighted by Crippen LogP contribution is -2.15. The van der Waals surface area contributed by atoms with Gasteiger partial charge in [-0.15, -0.1) is 0 Å². The van der Waals surface area contributed by atoms with Crippen molar-refractivity contribution in [2.75, 3.05) is 12.4 Å². The maximum Gasteiger partial charge on any atom is 0.228 e. The summed E-state index contributed by atoms with van der Waals surface area (Å²) in [6.45, 7) is 1.99. The quantitative estimate of drug-likeness (QED) is 0.919. The summed E-state index contributed by atoms with van der Waals surface area (Å²) in [6, 6.07) is 13.3. The van der Waals surface area contributed by atoms with Gasteiger partial charge in [0, 0.05) is 15.7 Å². The Morgan fingerprint density at radius 1 is 1.25 bits per heavy atom. The smallest absolute Gasteiger partial charge is 0.228 e. The first-order valence-corrected chi connectivity index (χ1v) is 7.06. The number of amides is 1. The van der Waals surface area contributed by atoms with Crippen LogP contribution >= 0.6 is 15.9 Å². The molecule has 0 unspecified atom stereocenters. The summed E-state index contributed by atoms with van der Waals surface area (Å²) in [5.74, 6) is 0.667. The number of carbonyl (C=O) groups excluding carboxylic acids is 1. The summed E-state index contributed by atoms with van der Waals surface area (Å²) < 4.78 is 6.20. The van der Waals surface area contributed by atoms with Crippen LogP contribution in [0.25, 0.3) is 0 Å². The minimum Gasteiger partial charge on any atom is -0.496 e. The highest BCUT2D eigenvalue weighted by Gasteiger charge is 2.09. The van der Waals surface area contributed by atoms with Crippen molar-refractivity contribution in [2.24, 2.45) is 0 Å². The van der Waals surface area contributed by atoms with Crippen LogP contribution in [0.15, 0.2) is 46.9 Å². The van der Waals surface area contributed by atoms with Crippen molar-refractivity contribution in [3.8, 4) is 5.75 Å². The number of hydrogen-bond donors (Lipinski definition) is 1. The van der Waals surface area contributed by atoms with Gasteiger partial charge in [0.25, 0.3) is 0 Å². The number of ether oxygens (including phenoxy) is 1. The Morgan fingerprint density at radius 2 is 2.00 bits per heavy atom. The van der Waals surface area contributed by atoms with E-state index in [2.05, 4.69) is 21.2 Å². The Morgan fingerprint density at radius 3 is 2.70 bits per heavy atom. The highest BCUT2D eigenvalue weighted by Crippen LogP contribution is 2.21. The van der Waals surface area contributed by atoms with Gasteiger partial charge in [0.1, 0.15) is 5.75 Å². The highest BCUT2D eigenvalue weighted by atomic mass is 79.9. The molecule has 0 saturated heterocycles. The number of halogens is 1. The SMILES string of the molecule is COc1ccccc1CC(=O)Nc1cc(C)cc(Br)c1. The van der Waals surface area contributed by atoms with Crippen LogP contribution in [0.1, 0.15) is 11.1 Å². The van der Waals surface area contributed by atoms with E-state index >= 15 is 0 Å². The number of nitrogens with one attached hydrogen (secondary N) is 1. The Labute approximate surface area is 127 Å². The summed E-state index contributed by atoms with van der Waals surface area (Å²) in [5.41, 5.74) is 2.75. The van der Waals surface area contributed by atoms with Gasteiger partial charge in [0.2, 0.25) is 5.91 Å². The van der Waals surface area contributed by atoms with Gasteiger partial charge in [-0.1, -0.05) is 34.1 Å². The standard InChI is InChI=1S/C16H16BrNO2/c1-11-7-13(17)10-14(8-11)18-16(19)9-12-5-3-4-6-15(12)20-2/h3-8,10H,9H2,1-2H3,(H,18,19). The highest BCUT2D eigenvalue weighted by molar-refractivity contribution is 9.10. The van der Waals surface area contributed by atoms with Crippen LogP contribution in [0, 0.1) is 6.92 Å². The minimum atomic E-state index is -0.0630. The van der Waals surface area contributed by atoms with Gasteiger partial charge in [-0.05, 0) is 36.8 Å². The molecule has 0 aromatic heterocycles. The van der Waals surface area contributed by atoms with Crippen molar-refractivity contribution < 1.29 is 9.53 Å². The van der Waals surface area contributed by atoms with Gasteiger partial charge < -0.3 is 10.1 Å². The molecular formula is C16H16BrNO2. The molecule has 1 amide bonds. The second-order valence-electron chi connectivity index (χ2n) is 4.55. The van der Waals surface area contributed by atoms with Crippen LogP contribution < -0.4 is 10.1 Å². The van der Waals surface area contributed by atoms with E-state index in [1.54, 1.807) is 7.11 Å². The number of hydrogen-bond acceptors (Lipinski definition) is 2. The van der Waals surface area contributed by atoms with E-state index in [0.717, 1.165) is 27.0 Å². The van der Waals surface area contributed by atoms with Crippen LogP contribution in [0.5, 0.6) is 5.75 Å². The molecular weight excluding hydrogens is 318 g/mol. The van der Waals surface area contributed by atoms with E-state index in [1.165, 1.54) is 0 Å². The number of aryl methyl sites for hydroxylation is 1. The van der Waals surface area contributed by atoms with E-state index < -0.39 is 0 Å². The Kier molecular flexibility index (Phi) is 4.79. The predicted molar refractivity (Wildman–Crippen MR) is 84.2 cm³/mol. The van der Waals surface area contributed by atoms with Crippen LogP contribution in [0.4, 0.5) is 5.69 Å². The fourth-order valence-electron chi connectivity index (χ4n) is 2.04. The summed E-state index contributed by atoms with van der Waals surface area (Å²) in [5, 5.41) is 2.90. The number of rotatable bonds is 4. The van der Waals surface area contributed by atoms with Crippen molar-refractivity contribution in [3.05, 3.63) is 58.1 Å². The van der Waals surface area contributed by atoms with Crippen LogP contribution in [0.2, 0.25) is 0 Å². The molecule has 104 valence electrons. The van der Waals surface area contributed by atoms with Crippen LogP contribution in [-0.4, -0.2) is 13.0 Å². The average molecular weight is 334 g/mol. The minimum absolute atomic E-state index is 0.0630. The normalized spacial score (nSPS) is 10.2. The molecule has 20 heavy (non-hydrogen) atoms. The van der Waals surface area contributed by atoms with E-state index in [9.17, 15) is 4.79 Å². The van der Waals surface area contributed by atoms with E-state index in [-0.39, 0.29) is 12.3 Å². The molecule has 0 heterocycles. The molecule has 0 aliphatic carbocycles. The fraction of sp³-hybridized carbons (Fsp3) is 0.188. The summed E-state index contributed by atoms with van der Waals surface area (Å²) in [7, 11) is 1.61. The zero-order chi connectivity index (χ0) is 14.5. The molecule has 0 bridgehead atoms. The van der Waals surface area contributed by atoms with Crippen molar-refractivity contribution in [1.82, 2.24) is 0 Å². The second kappa shape index (κ2) is 6.57. The first-order chi connectivity index (χ1) is 9.58. The number of anilines is 1. The third-order valence-electron chi connectivity index (χ3n) is 2.87. The topological polar surface area (TPSA) is 38.3 Å². The molecule has 0 atom stereocenters. The molecule has 0 aliphatic rings. The first-order valence-electron chi connectivity index (χ1n) is 6.27. The lowest BCUT2D eigenvalue weighted by molar-refractivity contribution is -0.115. The van der Waals surface area contributed by atoms with Gasteiger partial charge in [-0.2, -0.15) is 0 Å². The molecule has 0 saturated carbocycles. The van der Waals surface area contributed by atoms with E-state index in [4.69, 9.17) is 4.74 Å². The zero-order valence-corrected chi connectivity index (χ0v) is 13.0. The molecule has 2 rings (SSSR count). The van der Waals surface area contributed by atoms with Crippen molar-refractivity contribution in [3.63, 3.8) is 0 Å². The van der Waals surface area contributed by atoms with Gasteiger partial charge in [0.05, 0.1) is 13.5 Å². The molecule has 3 nitrogen and oxygen atoms in total. The second-order valence-corrected chi connectivity index (χ2v) is 5.47. The molecule has 0 aliphatic heterocycles. The van der Waals surface area contributed by atoms with Crippen LogP contribution in [0.3, 0.4) is 0 Å². The fourth-order valence-corrected chi connectivity index (χ4v) is 2.64. The number of carbonyl (C=O) groups is 1. The Bertz CT molecular complexity index is 605. The molecule has 1 N–H and O–H groups in total. The molecule has 0 fully saturated rings. The van der Waals surface area contributed by atoms with Gasteiger partial charge in [0.15, 0.2) is 0 Å².